The molecular formula is C19H23BrN4. The molecule has 24 heavy (non-hydrogen) atoms. The number of hydrogen-bond donors (Lipinski definition) is 0. The highest BCUT2D eigenvalue weighted by molar-refractivity contribution is 9.10. The van der Waals surface area contributed by atoms with Gasteiger partial charge in [0.1, 0.15) is 5.82 Å². The molecule has 4 nitrogen and oxygen atoms in total. The summed E-state index contributed by atoms with van der Waals surface area (Å²) in [5, 5.41) is 0. The van der Waals surface area contributed by atoms with Crippen molar-refractivity contribution in [1.82, 2.24) is 19.9 Å². The average molecular weight is 387 g/mol. The molecule has 1 fully saturated rings. The third-order valence-corrected chi connectivity index (χ3v) is 5.65. The third kappa shape index (κ3) is 3.67. The van der Waals surface area contributed by atoms with Gasteiger partial charge in [0.05, 0.1) is 5.69 Å². The maximum Gasteiger partial charge on any atom is 0.131 e. The lowest BCUT2D eigenvalue weighted by atomic mass is 9.88. The predicted octanol–water partition coefficient (Wildman–Crippen LogP) is 4.24. The van der Waals surface area contributed by atoms with E-state index in [9.17, 15) is 0 Å². The summed E-state index contributed by atoms with van der Waals surface area (Å²) in [5.74, 6) is 1.69. The van der Waals surface area contributed by atoms with Crippen LogP contribution >= 0.6 is 15.9 Å². The zero-order valence-electron chi connectivity index (χ0n) is 13.9. The van der Waals surface area contributed by atoms with E-state index in [1.54, 1.807) is 0 Å². The molecule has 5 heteroatoms. The van der Waals surface area contributed by atoms with Crippen LogP contribution in [0.5, 0.6) is 0 Å². The van der Waals surface area contributed by atoms with E-state index in [0.29, 0.717) is 5.92 Å². The first kappa shape index (κ1) is 16.2. The third-order valence-electron chi connectivity index (χ3n) is 5.18. The Hall–Kier alpha value is -1.33. The van der Waals surface area contributed by atoms with Gasteiger partial charge in [0, 0.05) is 60.1 Å². The molecule has 0 radical (unpaired) electrons. The van der Waals surface area contributed by atoms with Gasteiger partial charge in [-0.15, -0.1) is 0 Å². The highest BCUT2D eigenvalue weighted by atomic mass is 79.9. The molecule has 2 aromatic rings. The summed E-state index contributed by atoms with van der Waals surface area (Å²) in [7, 11) is 0. The molecule has 0 N–H and O–H groups in total. The number of hydrogen-bond acceptors (Lipinski definition) is 4. The van der Waals surface area contributed by atoms with Crippen LogP contribution < -0.4 is 0 Å². The van der Waals surface area contributed by atoms with Crippen LogP contribution in [0.15, 0.2) is 29.0 Å². The lowest BCUT2D eigenvalue weighted by molar-refractivity contribution is 0.239. The van der Waals surface area contributed by atoms with Crippen LogP contribution in [0.25, 0.3) is 0 Å². The molecule has 0 bridgehead atoms. The van der Waals surface area contributed by atoms with Crippen molar-refractivity contribution in [2.24, 2.45) is 0 Å². The molecule has 0 unspecified atom stereocenters. The van der Waals surface area contributed by atoms with Gasteiger partial charge in [-0.05, 0) is 40.9 Å². The van der Waals surface area contributed by atoms with E-state index < -0.39 is 0 Å². The van der Waals surface area contributed by atoms with Crippen molar-refractivity contribution in [2.75, 3.05) is 6.54 Å². The van der Waals surface area contributed by atoms with Crippen molar-refractivity contribution in [1.29, 1.82) is 0 Å². The summed E-state index contributed by atoms with van der Waals surface area (Å²) in [6, 6.07) is 4.14. The zero-order chi connectivity index (χ0) is 16.4. The van der Waals surface area contributed by atoms with E-state index in [0.717, 1.165) is 42.0 Å². The topological polar surface area (TPSA) is 41.9 Å². The Labute approximate surface area is 151 Å². The van der Waals surface area contributed by atoms with Crippen LogP contribution in [0.1, 0.15) is 60.8 Å². The molecule has 4 rings (SSSR count). The lowest BCUT2D eigenvalue weighted by Gasteiger charge is -2.28. The molecule has 0 aromatic carbocycles. The first-order valence-corrected chi connectivity index (χ1v) is 9.75. The number of aromatic nitrogens is 3. The number of halogens is 1. The van der Waals surface area contributed by atoms with Crippen LogP contribution in [-0.4, -0.2) is 26.4 Å². The number of pyridine rings is 1. The predicted molar refractivity (Wildman–Crippen MR) is 97.6 cm³/mol. The largest absolute Gasteiger partial charge is 0.293 e. The summed E-state index contributed by atoms with van der Waals surface area (Å²) < 4.78 is 1.03. The van der Waals surface area contributed by atoms with Crippen molar-refractivity contribution in [3.05, 3.63) is 51.8 Å². The lowest BCUT2D eigenvalue weighted by Crippen LogP contribution is -2.31. The van der Waals surface area contributed by atoms with Gasteiger partial charge in [0.15, 0.2) is 0 Å². The first-order valence-electron chi connectivity index (χ1n) is 8.95. The average Bonchev–Trinajstić information content (AvgIpc) is 2.64. The minimum Gasteiger partial charge on any atom is -0.293 e. The van der Waals surface area contributed by atoms with E-state index in [1.165, 1.54) is 43.4 Å². The smallest absolute Gasteiger partial charge is 0.131 e. The Bertz CT molecular complexity index is 695. The van der Waals surface area contributed by atoms with Crippen molar-refractivity contribution in [3.63, 3.8) is 0 Å². The van der Waals surface area contributed by atoms with Gasteiger partial charge in [0.25, 0.3) is 0 Å². The number of rotatable bonds is 3. The standard InChI is InChI=1S/C19H23BrN4/c20-16-6-7-17(21-11-16)13-24-9-8-18-15(12-24)10-22-19(23-18)14-4-2-1-3-5-14/h6-7,10-11,14H,1-5,8-9,12-13H2. The Morgan fingerprint density at radius 2 is 1.96 bits per heavy atom. The maximum absolute atomic E-state index is 4.93. The molecule has 3 heterocycles. The second kappa shape index (κ2) is 7.28. The fourth-order valence-corrected chi connectivity index (χ4v) is 4.05. The Balaban J connectivity index is 1.44. The molecule has 1 aliphatic carbocycles. The second-order valence-electron chi connectivity index (χ2n) is 6.96. The van der Waals surface area contributed by atoms with E-state index in [4.69, 9.17) is 9.97 Å². The maximum atomic E-state index is 4.93. The van der Waals surface area contributed by atoms with Gasteiger partial charge in [0.2, 0.25) is 0 Å². The molecule has 0 atom stereocenters. The van der Waals surface area contributed by atoms with E-state index in [-0.39, 0.29) is 0 Å². The number of fused-ring (bicyclic) bond motifs is 1. The molecular weight excluding hydrogens is 364 g/mol. The fraction of sp³-hybridized carbons (Fsp3) is 0.526. The molecule has 2 aromatic heterocycles. The molecule has 1 saturated carbocycles. The zero-order valence-corrected chi connectivity index (χ0v) is 15.5. The minimum absolute atomic E-state index is 0.592. The molecule has 0 spiro atoms. The molecule has 0 saturated heterocycles. The quantitative estimate of drug-likeness (QED) is 0.790. The minimum atomic E-state index is 0.592. The van der Waals surface area contributed by atoms with Crippen LogP contribution in [0.2, 0.25) is 0 Å². The Morgan fingerprint density at radius 1 is 1.08 bits per heavy atom. The summed E-state index contributed by atoms with van der Waals surface area (Å²) >= 11 is 3.44. The van der Waals surface area contributed by atoms with E-state index in [1.807, 2.05) is 6.20 Å². The number of nitrogens with zero attached hydrogens (tertiary/aromatic N) is 4. The van der Waals surface area contributed by atoms with Crippen LogP contribution in [0, 0.1) is 0 Å². The van der Waals surface area contributed by atoms with Gasteiger partial charge >= 0.3 is 0 Å². The fourth-order valence-electron chi connectivity index (χ4n) is 3.81. The van der Waals surface area contributed by atoms with E-state index in [2.05, 4.69) is 44.1 Å². The van der Waals surface area contributed by atoms with Gasteiger partial charge < -0.3 is 0 Å². The summed E-state index contributed by atoms with van der Waals surface area (Å²) in [5.41, 5.74) is 3.67. The summed E-state index contributed by atoms with van der Waals surface area (Å²) in [6.45, 7) is 2.86. The van der Waals surface area contributed by atoms with Gasteiger partial charge in [-0.25, -0.2) is 9.97 Å². The Kier molecular flexibility index (Phi) is 4.90. The van der Waals surface area contributed by atoms with Crippen molar-refractivity contribution < 1.29 is 0 Å². The summed E-state index contributed by atoms with van der Waals surface area (Å²) in [4.78, 5) is 16.6. The SMILES string of the molecule is Brc1ccc(CN2CCc3nc(C4CCCCC4)ncc3C2)nc1. The molecule has 2 aliphatic rings. The second-order valence-corrected chi connectivity index (χ2v) is 7.88. The Morgan fingerprint density at radius 3 is 2.75 bits per heavy atom. The molecule has 0 amide bonds. The van der Waals surface area contributed by atoms with Crippen LogP contribution in [-0.2, 0) is 19.5 Å². The van der Waals surface area contributed by atoms with Crippen molar-refractivity contribution in [3.8, 4) is 0 Å². The van der Waals surface area contributed by atoms with Gasteiger partial charge in [-0.1, -0.05) is 19.3 Å². The highest BCUT2D eigenvalue weighted by Gasteiger charge is 2.22. The first-order chi connectivity index (χ1) is 11.8. The van der Waals surface area contributed by atoms with Crippen molar-refractivity contribution in [2.45, 2.75) is 57.5 Å². The van der Waals surface area contributed by atoms with E-state index >= 15 is 0 Å². The molecule has 1 aliphatic heterocycles. The monoisotopic (exact) mass is 386 g/mol. The normalized spacial score (nSPS) is 19.2. The van der Waals surface area contributed by atoms with Crippen LogP contribution in [0.4, 0.5) is 0 Å². The van der Waals surface area contributed by atoms with Crippen LogP contribution in [0.3, 0.4) is 0 Å². The van der Waals surface area contributed by atoms with Crippen molar-refractivity contribution >= 4 is 15.9 Å². The van der Waals surface area contributed by atoms with Gasteiger partial charge in [-0.2, -0.15) is 0 Å². The summed E-state index contributed by atoms with van der Waals surface area (Å²) in [6.07, 6.45) is 11.5. The highest BCUT2D eigenvalue weighted by Crippen LogP contribution is 2.31. The van der Waals surface area contributed by atoms with Gasteiger partial charge in [-0.3, -0.25) is 9.88 Å². The molecule has 126 valence electrons.